The molecule has 0 aliphatic carbocycles. The van der Waals surface area contributed by atoms with Gasteiger partial charge in [0.15, 0.2) is 0 Å². The van der Waals surface area contributed by atoms with Crippen molar-refractivity contribution < 1.29 is 12.8 Å². The van der Waals surface area contributed by atoms with E-state index in [1.54, 1.807) is 0 Å². The third-order valence-corrected chi connectivity index (χ3v) is 3.57. The van der Waals surface area contributed by atoms with E-state index >= 15 is 0 Å². The van der Waals surface area contributed by atoms with E-state index in [1.165, 1.54) is 6.07 Å². The van der Waals surface area contributed by atoms with E-state index in [0.717, 1.165) is 12.1 Å². The molecule has 0 unspecified atom stereocenters. The van der Waals surface area contributed by atoms with Crippen LogP contribution in [0.2, 0.25) is 5.02 Å². The van der Waals surface area contributed by atoms with Gasteiger partial charge >= 0.3 is 0 Å². The molecule has 102 valence electrons. The Labute approximate surface area is 112 Å². The van der Waals surface area contributed by atoms with Gasteiger partial charge in [0.05, 0.1) is 11.4 Å². The molecule has 0 fully saturated rings. The van der Waals surface area contributed by atoms with E-state index in [0.29, 0.717) is 6.54 Å². The molecule has 0 saturated heterocycles. The molecule has 0 aromatic heterocycles. The van der Waals surface area contributed by atoms with Gasteiger partial charge in [0.2, 0.25) is 10.0 Å². The molecule has 0 saturated carbocycles. The van der Waals surface area contributed by atoms with E-state index in [2.05, 4.69) is 10.0 Å². The van der Waals surface area contributed by atoms with Gasteiger partial charge in [-0.25, -0.2) is 12.8 Å². The van der Waals surface area contributed by atoms with Crippen LogP contribution >= 0.6 is 11.6 Å². The summed E-state index contributed by atoms with van der Waals surface area (Å²) in [6.07, 6.45) is 0. The Kier molecular flexibility index (Phi) is 5.37. The highest BCUT2D eigenvalue weighted by Gasteiger charge is 2.11. The smallest absolute Gasteiger partial charge is 0.233 e. The Morgan fingerprint density at radius 2 is 2.00 bits per heavy atom. The lowest BCUT2D eigenvalue weighted by Crippen LogP contribution is -2.30. The fourth-order valence-electron chi connectivity index (χ4n) is 1.33. The average molecular weight is 295 g/mol. The summed E-state index contributed by atoms with van der Waals surface area (Å²) in [4.78, 5) is 0. The van der Waals surface area contributed by atoms with E-state index < -0.39 is 15.8 Å². The average Bonchev–Trinajstić information content (AvgIpc) is 2.12. The Hall–Kier alpha value is -0.850. The maximum atomic E-state index is 13.0. The molecule has 0 radical (unpaired) electrons. The number of anilines is 1. The van der Waals surface area contributed by atoms with Gasteiger partial charge in [0.1, 0.15) is 5.82 Å². The van der Waals surface area contributed by atoms with Gasteiger partial charge in [0.25, 0.3) is 0 Å². The predicted octanol–water partition coefficient (Wildman–Crippen LogP) is 2.22. The summed E-state index contributed by atoms with van der Waals surface area (Å²) in [6, 6.07) is 3.76. The third-order valence-electron chi connectivity index (χ3n) is 2.06. The lowest BCUT2D eigenvalue weighted by Gasteiger charge is -2.10. The standard InChI is InChI=1S/C11H16ClFN2O2S/c1-8(2)14-3-4-18(16,17)15-11-6-9(12)5-10(13)7-11/h5-8,14-15H,3-4H2,1-2H3. The number of benzene rings is 1. The van der Waals surface area contributed by atoms with Gasteiger partial charge in [-0.1, -0.05) is 25.4 Å². The first-order valence-corrected chi connectivity index (χ1v) is 7.51. The lowest BCUT2D eigenvalue weighted by molar-refractivity contribution is 0.582. The van der Waals surface area contributed by atoms with Crippen LogP contribution in [0, 0.1) is 5.82 Å². The molecule has 0 atom stereocenters. The molecule has 18 heavy (non-hydrogen) atoms. The largest absolute Gasteiger partial charge is 0.313 e. The van der Waals surface area contributed by atoms with Crippen molar-refractivity contribution in [3.63, 3.8) is 0 Å². The summed E-state index contributed by atoms with van der Waals surface area (Å²) in [7, 11) is -3.50. The van der Waals surface area contributed by atoms with Crippen molar-refractivity contribution in [2.45, 2.75) is 19.9 Å². The molecule has 0 spiro atoms. The first-order valence-electron chi connectivity index (χ1n) is 5.48. The molecular formula is C11H16ClFN2O2S. The van der Waals surface area contributed by atoms with Crippen molar-refractivity contribution in [2.75, 3.05) is 17.0 Å². The van der Waals surface area contributed by atoms with Gasteiger partial charge in [-0.05, 0) is 18.2 Å². The minimum atomic E-state index is -3.50. The molecule has 0 heterocycles. The van der Waals surface area contributed by atoms with Crippen molar-refractivity contribution in [3.05, 3.63) is 29.0 Å². The number of halogens is 2. The number of hydrogen-bond donors (Lipinski definition) is 2. The van der Waals surface area contributed by atoms with Crippen molar-refractivity contribution in [2.24, 2.45) is 0 Å². The zero-order valence-corrected chi connectivity index (χ0v) is 11.8. The van der Waals surface area contributed by atoms with E-state index in [4.69, 9.17) is 11.6 Å². The summed E-state index contributed by atoms with van der Waals surface area (Å²) in [5.41, 5.74) is 0.129. The fourth-order valence-corrected chi connectivity index (χ4v) is 2.51. The van der Waals surface area contributed by atoms with Crippen molar-refractivity contribution in [1.82, 2.24) is 5.32 Å². The quantitative estimate of drug-likeness (QED) is 0.846. The van der Waals surface area contributed by atoms with Crippen molar-refractivity contribution in [3.8, 4) is 0 Å². The van der Waals surface area contributed by atoms with Crippen LogP contribution in [-0.4, -0.2) is 26.8 Å². The van der Waals surface area contributed by atoms with Crippen LogP contribution in [0.3, 0.4) is 0 Å². The Balaban J connectivity index is 2.64. The molecule has 0 bridgehead atoms. The molecular weight excluding hydrogens is 279 g/mol. The molecule has 4 nitrogen and oxygen atoms in total. The number of rotatable bonds is 6. The van der Waals surface area contributed by atoms with Crippen LogP contribution in [0.15, 0.2) is 18.2 Å². The minimum absolute atomic E-state index is 0.0840. The van der Waals surface area contributed by atoms with Crippen LogP contribution in [0.1, 0.15) is 13.8 Å². The monoisotopic (exact) mass is 294 g/mol. The molecule has 1 aromatic carbocycles. The second kappa shape index (κ2) is 6.36. The fraction of sp³-hybridized carbons (Fsp3) is 0.455. The maximum Gasteiger partial charge on any atom is 0.233 e. The minimum Gasteiger partial charge on any atom is -0.313 e. The second-order valence-corrected chi connectivity index (χ2v) is 6.47. The summed E-state index contributed by atoms with van der Waals surface area (Å²) in [6.45, 7) is 4.18. The molecule has 0 amide bonds. The SMILES string of the molecule is CC(C)NCCS(=O)(=O)Nc1cc(F)cc(Cl)c1. The van der Waals surface area contributed by atoms with E-state index in [1.807, 2.05) is 13.8 Å². The Morgan fingerprint density at radius 3 is 2.56 bits per heavy atom. The number of sulfonamides is 1. The van der Waals surface area contributed by atoms with Crippen LogP contribution < -0.4 is 10.0 Å². The van der Waals surface area contributed by atoms with Gasteiger partial charge in [-0.3, -0.25) is 4.72 Å². The number of hydrogen-bond acceptors (Lipinski definition) is 3. The Bertz CT molecular complexity index is 486. The molecule has 1 aromatic rings. The highest BCUT2D eigenvalue weighted by atomic mass is 35.5. The van der Waals surface area contributed by atoms with E-state index in [9.17, 15) is 12.8 Å². The summed E-state index contributed by atoms with van der Waals surface area (Å²) in [5.74, 6) is -0.667. The van der Waals surface area contributed by atoms with Gasteiger partial charge in [-0.15, -0.1) is 0 Å². The highest BCUT2D eigenvalue weighted by Crippen LogP contribution is 2.18. The zero-order chi connectivity index (χ0) is 13.8. The summed E-state index contributed by atoms with van der Waals surface area (Å²) in [5, 5.41) is 3.14. The second-order valence-electron chi connectivity index (χ2n) is 4.19. The Morgan fingerprint density at radius 1 is 1.33 bits per heavy atom. The topological polar surface area (TPSA) is 58.2 Å². The van der Waals surface area contributed by atoms with Crippen LogP contribution in [0.5, 0.6) is 0 Å². The lowest BCUT2D eigenvalue weighted by atomic mass is 10.3. The first kappa shape index (κ1) is 15.2. The van der Waals surface area contributed by atoms with Gasteiger partial charge < -0.3 is 5.32 Å². The van der Waals surface area contributed by atoms with E-state index in [-0.39, 0.29) is 22.5 Å². The number of nitrogens with one attached hydrogen (secondary N) is 2. The van der Waals surface area contributed by atoms with Crippen LogP contribution in [0.25, 0.3) is 0 Å². The summed E-state index contributed by atoms with van der Waals surface area (Å²) >= 11 is 5.64. The molecule has 1 rings (SSSR count). The first-order chi connectivity index (χ1) is 8.28. The summed E-state index contributed by atoms with van der Waals surface area (Å²) < 4.78 is 38.7. The van der Waals surface area contributed by atoms with Gasteiger partial charge in [-0.2, -0.15) is 0 Å². The third kappa shape index (κ3) is 5.66. The predicted molar refractivity (Wildman–Crippen MR) is 72.0 cm³/mol. The molecule has 2 N–H and O–H groups in total. The highest BCUT2D eigenvalue weighted by molar-refractivity contribution is 7.92. The van der Waals surface area contributed by atoms with Crippen LogP contribution in [0.4, 0.5) is 10.1 Å². The molecule has 0 aliphatic heterocycles. The van der Waals surface area contributed by atoms with Crippen LogP contribution in [-0.2, 0) is 10.0 Å². The van der Waals surface area contributed by atoms with Gasteiger partial charge in [0, 0.05) is 17.6 Å². The normalized spacial score (nSPS) is 11.8. The molecule has 7 heteroatoms. The molecule has 0 aliphatic rings. The van der Waals surface area contributed by atoms with Crippen molar-refractivity contribution >= 4 is 27.3 Å². The zero-order valence-electron chi connectivity index (χ0n) is 10.2. The maximum absolute atomic E-state index is 13.0. The van der Waals surface area contributed by atoms with Crippen molar-refractivity contribution in [1.29, 1.82) is 0 Å².